The minimum atomic E-state index is -4.40. The van der Waals surface area contributed by atoms with E-state index in [0.717, 1.165) is 34.8 Å². The average molecular weight is 303 g/mol. The number of hydrogen-bond acceptors (Lipinski definition) is 3. The highest BCUT2D eigenvalue weighted by Crippen LogP contribution is 2.31. The molecule has 0 saturated heterocycles. The molecule has 2 heterocycles. The summed E-state index contributed by atoms with van der Waals surface area (Å²) in [6, 6.07) is 11.4. The van der Waals surface area contributed by atoms with Gasteiger partial charge in [0.2, 0.25) is 0 Å². The summed E-state index contributed by atoms with van der Waals surface area (Å²) in [5, 5.41) is 3.83. The fourth-order valence-electron chi connectivity index (χ4n) is 2.14. The highest BCUT2D eigenvalue weighted by Gasteiger charge is 2.30. The highest BCUT2D eigenvalue weighted by atomic mass is 19.4. The van der Waals surface area contributed by atoms with Gasteiger partial charge in [0.15, 0.2) is 0 Å². The Bertz CT molecular complexity index is 828. The molecule has 0 amide bonds. The Kier molecular flexibility index (Phi) is 3.44. The van der Waals surface area contributed by atoms with E-state index in [4.69, 9.17) is 0 Å². The number of nitrogens with one attached hydrogen (secondary N) is 1. The van der Waals surface area contributed by atoms with Gasteiger partial charge >= 0.3 is 6.18 Å². The molecule has 0 saturated carbocycles. The number of rotatable bonds is 2. The maximum Gasteiger partial charge on any atom is 0.416 e. The van der Waals surface area contributed by atoms with Crippen LogP contribution in [0.3, 0.4) is 0 Å². The van der Waals surface area contributed by atoms with Gasteiger partial charge in [-0.3, -0.25) is 0 Å². The van der Waals surface area contributed by atoms with Crippen LogP contribution in [0.2, 0.25) is 0 Å². The largest absolute Gasteiger partial charge is 0.416 e. The van der Waals surface area contributed by atoms with E-state index in [1.54, 1.807) is 0 Å². The molecular formula is C16H12F3N3. The molecule has 0 atom stereocenters. The maximum atomic E-state index is 12.7. The number of aromatic nitrogens is 2. The number of alkyl halides is 3. The summed E-state index contributed by atoms with van der Waals surface area (Å²) in [6.07, 6.45) is -3.27. The molecule has 2 aromatic heterocycles. The fourth-order valence-corrected chi connectivity index (χ4v) is 2.14. The molecule has 3 rings (SSSR count). The van der Waals surface area contributed by atoms with Crippen molar-refractivity contribution in [3.63, 3.8) is 0 Å². The molecule has 1 N–H and O–H groups in total. The predicted molar refractivity (Wildman–Crippen MR) is 79.0 cm³/mol. The molecule has 1 aromatic carbocycles. The van der Waals surface area contributed by atoms with E-state index in [1.807, 2.05) is 37.3 Å². The van der Waals surface area contributed by atoms with Crippen molar-refractivity contribution in [1.29, 1.82) is 0 Å². The van der Waals surface area contributed by atoms with Crippen LogP contribution in [0, 0.1) is 6.92 Å². The number of anilines is 2. The van der Waals surface area contributed by atoms with Crippen molar-refractivity contribution in [3.8, 4) is 0 Å². The Labute approximate surface area is 124 Å². The minimum Gasteiger partial charge on any atom is -0.325 e. The van der Waals surface area contributed by atoms with Crippen LogP contribution in [0.4, 0.5) is 24.8 Å². The van der Waals surface area contributed by atoms with Crippen LogP contribution < -0.4 is 5.32 Å². The zero-order valence-corrected chi connectivity index (χ0v) is 11.6. The topological polar surface area (TPSA) is 37.8 Å². The van der Waals surface area contributed by atoms with Gasteiger partial charge < -0.3 is 5.32 Å². The first kappa shape index (κ1) is 14.3. The van der Waals surface area contributed by atoms with Crippen LogP contribution >= 0.6 is 0 Å². The van der Waals surface area contributed by atoms with Gasteiger partial charge in [-0.2, -0.15) is 13.2 Å². The van der Waals surface area contributed by atoms with Gasteiger partial charge in [-0.15, -0.1) is 0 Å². The molecular weight excluding hydrogens is 291 g/mol. The van der Waals surface area contributed by atoms with Crippen molar-refractivity contribution in [3.05, 3.63) is 59.8 Å². The molecule has 0 spiro atoms. The predicted octanol–water partition coefficient (Wildman–Crippen LogP) is 4.70. The zero-order valence-electron chi connectivity index (χ0n) is 11.6. The molecule has 0 radical (unpaired) electrons. The SMILES string of the molecule is Cc1cc2ccccc2nc1Nc1cc(C(F)(F)F)ccn1. The lowest BCUT2D eigenvalue weighted by Crippen LogP contribution is -2.06. The summed E-state index contributed by atoms with van der Waals surface area (Å²) in [4.78, 5) is 8.35. The third kappa shape index (κ3) is 2.86. The molecule has 6 heteroatoms. The number of nitrogens with zero attached hydrogens (tertiary/aromatic N) is 2. The first-order valence-electron chi connectivity index (χ1n) is 6.60. The van der Waals surface area contributed by atoms with E-state index in [1.165, 1.54) is 0 Å². The molecule has 0 aliphatic rings. The van der Waals surface area contributed by atoms with E-state index in [2.05, 4.69) is 15.3 Å². The average Bonchev–Trinajstić information content (AvgIpc) is 2.47. The van der Waals surface area contributed by atoms with E-state index in [9.17, 15) is 13.2 Å². The van der Waals surface area contributed by atoms with Gasteiger partial charge in [0.1, 0.15) is 11.6 Å². The first-order chi connectivity index (χ1) is 10.4. The van der Waals surface area contributed by atoms with Gasteiger partial charge in [0, 0.05) is 11.6 Å². The molecule has 0 aliphatic carbocycles. The van der Waals surface area contributed by atoms with E-state index < -0.39 is 11.7 Å². The summed E-state index contributed by atoms with van der Waals surface area (Å²) in [5.74, 6) is 0.603. The smallest absolute Gasteiger partial charge is 0.325 e. The normalized spacial score (nSPS) is 11.6. The Hall–Kier alpha value is -2.63. The van der Waals surface area contributed by atoms with Gasteiger partial charge in [-0.25, -0.2) is 9.97 Å². The number of halogens is 3. The van der Waals surface area contributed by atoms with Crippen molar-refractivity contribution in [1.82, 2.24) is 9.97 Å². The van der Waals surface area contributed by atoms with Crippen LogP contribution in [-0.4, -0.2) is 9.97 Å². The van der Waals surface area contributed by atoms with Gasteiger partial charge in [0.25, 0.3) is 0 Å². The second-order valence-corrected chi connectivity index (χ2v) is 4.90. The fraction of sp³-hybridized carbons (Fsp3) is 0.125. The van der Waals surface area contributed by atoms with Crippen LogP contribution in [-0.2, 0) is 6.18 Å². The maximum absolute atomic E-state index is 12.7. The van der Waals surface area contributed by atoms with E-state index in [-0.39, 0.29) is 5.82 Å². The zero-order chi connectivity index (χ0) is 15.7. The third-order valence-electron chi connectivity index (χ3n) is 3.25. The van der Waals surface area contributed by atoms with Crippen LogP contribution in [0.5, 0.6) is 0 Å². The lowest BCUT2D eigenvalue weighted by atomic mass is 10.1. The van der Waals surface area contributed by atoms with E-state index >= 15 is 0 Å². The number of aryl methyl sites for hydroxylation is 1. The van der Waals surface area contributed by atoms with Crippen molar-refractivity contribution >= 4 is 22.5 Å². The number of fused-ring (bicyclic) bond motifs is 1. The number of para-hydroxylation sites is 1. The lowest BCUT2D eigenvalue weighted by Gasteiger charge is -2.11. The summed E-state index contributed by atoms with van der Waals surface area (Å²) in [7, 11) is 0. The molecule has 0 unspecified atom stereocenters. The van der Waals surface area contributed by atoms with Crippen molar-refractivity contribution in [2.24, 2.45) is 0 Å². The van der Waals surface area contributed by atoms with Crippen LogP contribution in [0.15, 0.2) is 48.7 Å². The molecule has 112 valence electrons. The number of hydrogen-bond donors (Lipinski definition) is 1. The molecule has 22 heavy (non-hydrogen) atoms. The molecule has 3 aromatic rings. The molecule has 0 bridgehead atoms. The summed E-state index contributed by atoms with van der Waals surface area (Å²) in [6.45, 7) is 1.84. The Morgan fingerprint density at radius 3 is 2.59 bits per heavy atom. The Morgan fingerprint density at radius 2 is 1.82 bits per heavy atom. The Balaban J connectivity index is 1.98. The third-order valence-corrected chi connectivity index (χ3v) is 3.25. The summed E-state index contributed by atoms with van der Waals surface area (Å²) in [5.41, 5.74) is 0.851. The van der Waals surface area contributed by atoms with Crippen LogP contribution in [0.1, 0.15) is 11.1 Å². The number of benzene rings is 1. The van der Waals surface area contributed by atoms with Crippen molar-refractivity contribution < 1.29 is 13.2 Å². The lowest BCUT2D eigenvalue weighted by molar-refractivity contribution is -0.137. The van der Waals surface area contributed by atoms with Gasteiger partial charge in [-0.05, 0) is 36.8 Å². The van der Waals surface area contributed by atoms with E-state index in [0.29, 0.717) is 5.82 Å². The molecule has 0 aliphatic heterocycles. The molecule has 3 nitrogen and oxygen atoms in total. The van der Waals surface area contributed by atoms with Crippen molar-refractivity contribution in [2.75, 3.05) is 5.32 Å². The summed E-state index contributed by atoms with van der Waals surface area (Å²) >= 11 is 0. The highest BCUT2D eigenvalue weighted by molar-refractivity contribution is 5.82. The molecule has 0 fully saturated rings. The van der Waals surface area contributed by atoms with Crippen LogP contribution in [0.25, 0.3) is 10.9 Å². The minimum absolute atomic E-state index is 0.112. The van der Waals surface area contributed by atoms with Crippen molar-refractivity contribution in [2.45, 2.75) is 13.1 Å². The van der Waals surface area contributed by atoms with Gasteiger partial charge in [0.05, 0.1) is 11.1 Å². The monoisotopic (exact) mass is 303 g/mol. The second-order valence-electron chi connectivity index (χ2n) is 4.90. The second kappa shape index (κ2) is 5.29. The van der Waals surface area contributed by atoms with Gasteiger partial charge in [-0.1, -0.05) is 18.2 Å². The Morgan fingerprint density at radius 1 is 1.05 bits per heavy atom. The quantitative estimate of drug-likeness (QED) is 0.745. The number of pyridine rings is 2. The first-order valence-corrected chi connectivity index (χ1v) is 6.60. The standard InChI is InChI=1S/C16H12F3N3/c1-10-8-11-4-2-3-5-13(11)21-15(10)22-14-9-12(6-7-20-14)16(17,18)19/h2-9H,1H3,(H,20,21,22). The summed E-state index contributed by atoms with van der Waals surface area (Å²) < 4.78 is 38.2.